The Labute approximate surface area is 113 Å². The molecule has 0 saturated carbocycles. The molecule has 0 fully saturated rings. The molecular formula is C16H20FNO. The van der Waals surface area contributed by atoms with Crippen molar-refractivity contribution in [1.29, 1.82) is 0 Å². The molecule has 2 rings (SSSR count). The van der Waals surface area contributed by atoms with Crippen molar-refractivity contribution in [3.05, 3.63) is 59.9 Å². The van der Waals surface area contributed by atoms with E-state index in [1.165, 1.54) is 12.1 Å². The molecule has 0 radical (unpaired) electrons. The summed E-state index contributed by atoms with van der Waals surface area (Å²) in [5.41, 5.74) is 2.10. The molecule has 0 aliphatic rings. The van der Waals surface area contributed by atoms with Gasteiger partial charge in [-0.25, -0.2) is 4.39 Å². The van der Waals surface area contributed by atoms with Crippen molar-refractivity contribution in [3.63, 3.8) is 0 Å². The first-order chi connectivity index (χ1) is 8.53. The van der Waals surface area contributed by atoms with Crippen molar-refractivity contribution in [2.24, 2.45) is 0 Å². The first-order valence-corrected chi connectivity index (χ1v) is 6.12. The van der Waals surface area contributed by atoms with Gasteiger partial charge < -0.3 is 11.3 Å². The zero-order chi connectivity index (χ0) is 13.2. The van der Waals surface area contributed by atoms with Gasteiger partial charge in [0, 0.05) is 0 Å². The van der Waals surface area contributed by atoms with Crippen molar-refractivity contribution in [2.75, 3.05) is 0 Å². The van der Waals surface area contributed by atoms with E-state index in [4.69, 9.17) is 0 Å². The van der Waals surface area contributed by atoms with Crippen LogP contribution in [-0.2, 0) is 5.60 Å². The topological polar surface area (TPSA) is 55.2 Å². The average Bonchev–Trinajstić information content (AvgIpc) is 2.40. The minimum absolute atomic E-state index is 0. The molecule has 19 heavy (non-hydrogen) atoms. The van der Waals surface area contributed by atoms with Crippen LogP contribution in [0.25, 0.3) is 11.1 Å². The summed E-state index contributed by atoms with van der Waals surface area (Å²) in [6, 6.07) is 14.1. The van der Waals surface area contributed by atoms with Gasteiger partial charge in [-0.3, -0.25) is 0 Å². The van der Waals surface area contributed by atoms with E-state index in [0.717, 1.165) is 16.7 Å². The van der Waals surface area contributed by atoms with E-state index in [9.17, 15) is 9.50 Å². The number of benzene rings is 2. The Bertz CT molecular complexity index is 517. The highest BCUT2D eigenvalue weighted by molar-refractivity contribution is 5.63. The van der Waals surface area contributed by atoms with Gasteiger partial charge in [0.05, 0.1) is 5.60 Å². The molecule has 3 heteroatoms. The largest absolute Gasteiger partial charge is 0.385 e. The predicted molar refractivity (Wildman–Crippen MR) is 76.7 cm³/mol. The van der Waals surface area contributed by atoms with Gasteiger partial charge in [0.25, 0.3) is 0 Å². The molecular weight excluding hydrogens is 241 g/mol. The quantitative estimate of drug-likeness (QED) is 0.866. The molecule has 2 nitrogen and oxygen atoms in total. The lowest BCUT2D eigenvalue weighted by molar-refractivity contribution is 0.0531. The number of rotatable bonds is 3. The van der Waals surface area contributed by atoms with Gasteiger partial charge in [-0.1, -0.05) is 43.3 Å². The van der Waals surface area contributed by atoms with E-state index in [1.54, 1.807) is 19.1 Å². The number of hydrogen-bond acceptors (Lipinski definition) is 2. The maximum absolute atomic E-state index is 12.8. The van der Waals surface area contributed by atoms with E-state index >= 15 is 0 Å². The lowest BCUT2D eigenvalue weighted by Crippen LogP contribution is -2.19. The minimum Gasteiger partial charge on any atom is -0.385 e. The number of hydrogen-bond donors (Lipinski definition) is 2. The summed E-state index contributed by atoms with van der Waals surface area (Å²) >= 11 is 0. The summed E-state index contributed by atoms with van der Waals surface area (Å²) in [7, 11) is 0. The molecule has 1 unspecified atom stereocenters. The summed E-state index contributed by atoms with van der Waals surface area (Å²) in [5, 5.41) is 10.1. The van der Waals surface area contributed by atoms with Gasteiger partial charge in [0.2, 0.25) is 0 Å². The highest BCUT2D eigenvalue weighted by Gasteiger charge is 2.19. The third kappa shape index (κ3) is 3.40. The van der Waals surface area contributed by atoms with Gasteiger partial charge in [-0.2, -0.15) is 0 Å². The molecule has 0 spiro atoms. The molecule has 0 heterocycles. The fourth-order valence-corrected chi connectivity index (χ4v) is 1.87. The van der Waals surface area contributed by atoms with E-state index < -0.39 is 5.60 Å². The van der Waals surface area contributed by atoms with Crippen LogP contribution in [0.1, 0.15) is 25.8 Å². The van der Waals surface area contributed by atoms with E-state index in [2.05, 4.69) is 0 Å². The molecule has 102 valence electrons. The molecule has 4 N–H and O–H groups in total. The first kappa shape index (κ1) is 15.3. The normalized spacial score (nSPS) is 13.5. The second-order valence-electron chi connectivity index (χ2n) is 4.71. The van der Waals surface area contributed by atoms with Crippen molar-refractivity contribution in [1.82, 2.24) is 6.15 Å². The summed E-state index contributed by atoms with van der Waals surface area (Å²) in [6.07, 6.45) is 0.670. The van der Waals surface area contributed by atoms with Crippen LogP contribution >= 0.6 is 0 Å². The first-order valence-electron chi connectivity index (χ1n) is 6.12. The van der Waals surface area contributed by atoms with E-state index in [0.29, 0.717) is 6.42 Å². The van der Waals surface area contributed by atoms with Crippen molar-refractivity contribution in [3.8, 4) is 11.1 Å². The van der Waals surface area contributed by atoms with E-state index in [-0.39, 0.29) is 12.0 Å². The van der Waals surface area contributed by atoms with Crippen LogP contribution in [0.4, 0.5) is 4.39 Å². The number of aliphatic hydroxyl groups is 1. The lowest BCUT2D eigenvalue weighted by atomic mass is 9.92. The van der Waals surface area contributed by atoms with Crippen LogP contribution in [0.2, 0.25) is 0 Å². The summed E-state index contributed by atoms with van der Waals surface area (Å²) < 4.78 is 12.8. The van der Waals surface area contributed by atoms with Crippen molar-refractivity contribution >= 4 is 0 Å². The third-order valence-corrected chi connectivity index (χ3v) is 3.37. The second-order valence-corrected chi connectivity index (χ2v) is 4.71. The number of halogens is 1. The van der Waals surface area contributed by atoms with Gasteiger partial charge in [-0.15, -0.1) is 0 Å². The maximum Gasteiger partial charge on any atom is 0.123 e. The zero-order valence-electron chi connectivity index (χ0n) is 11.4. The van der Waals surface area contributed by atoms with Crippen LogP contribution in [-0.4, -0.2) is 5.11 Å². The average molecular weight is 261 g/mol. The summed E-state index contributed by atoms with van der Waals surface area (Å²) in [5.74, 6) is -0.232. The fraction of sp³-hybridized carbons (Fsp3) is 0.250. The summed E-state index contributed by atoms with van der Waals surface area (Å²) in [4.78, 5) is 0. The van der Waals surface area contributed by atoms with Gasteiger partial charge in [0.15, 0.2) is 0 Å². The highest BCUT2D eigenvalue weighted by Crippen LogP contribution is 2.27. The molecule has 2 aromatic carbocycles. The molecule has 1 atom stereocenters. The fourth-order valence-electron chi connectivity index (χ4n) is 1.87. The van der Waals surface area contributed by atoms with Gasteiger partial charge in [0.1, 0.15) is 5.82 Å². The third-order valence-electron chi connectivity index (χ3n) is 3.37. The maximum atomic E-state index is 12.8. The summed E-state index contributed by atoms with van der Waals surface area (Å²) in [6.45, 7) is 3.76. The highest BCUT2D eigenvalue weighted by atomic mass is 19.1. The predicted octanol–water partition coefficient (Wildman–Crippen LogP) is 4.27. The lowest BCUT2D eigenvalue weighted by Gasteiger charge is -2.22. The SMILES string of the molecule is CCC(C)(O)c1ccc(-c2ccc(F)cc2)cc1.N. The Morgan fingerprint density at radius 2 is 1.37 bits per heavy atom. The molecule has 2 aromatic rings. The van der Waals surface area contributed by atoms with Crippen LogP contribution in [0.3, 0.4) is 0 Å². The second kappa shape index (κ2) is 5.95. The standard InChI is InChI=1S/C16H17FO.H3N/c1-3-16(2,18)14-8-4-12(5-9-14)13-6-10-15(17)11-7-13;/h4-11,18H,3H2,1-2H3;1H3. The molecule has 0 amide bonds. The van der Waals surface area contributed by atoms with Crippen LogP contribution < -0.4 is 6.15 Å². The monoisotopic (exact) mass is 261 g/mol. The van der Waals surface area contributed by atoms with Gasteiger partial charge >= 0.3 is 0 Å². The van der Waals surface area contributed by atoms with Crippen LogP contribution in [0, 0.1) is 5.82 Å². The Hall–Kier alpha value is -1.71. The zero-order valence-corrected chi connectivity index (χ0v) is 11.4. The van der Waals surface area contributed by atoms with Crippen molar-refractivity contribution in [2.45, 2.75) is 25.9 Å². The van der Waals surface area contributed by atoms with Crippen LogP contribution in [0.15, 0.2) is 48.5 Å². The molecule has 0 saturated heterocycles. The molecule has 0 bridgehead atoms. The molecule has 0 aliphatic heterocycles. The van der Waals surface area contributed by atoms with E-state index in [1.807, 2.05) is 31.2 Å². The Kier molecular flexibility index (Phi) is 4.81. The minimum atomic E-state index is -0.790. The molecule has 0 aromatic heterocycles. The Morgan fingerprint density at radius 3 is 1.79 bits per heavy atom. The van der Waals surface area contributed by atoms with Crippen molar-refractivity contribution < 1.29 is 9.50 Å². The Balaban J connectivity index is 0.00000180. The Morgan fingerprint density at radius 1 is 0.947 bits per heavy atom. The van der Waals surface area contributed by atoms with Gasteiger partial charge in [-0.05, 0) is 42.2 Å². The molecule has 0 aliphatic carbocycles. The van der Waals surface area contributed by atoms with Crippen LogP contribution in [0.5, 0.6) is 0 Å². The smallest absolute Gasteiger partial charge is 0.123 e.